The first-order chi connectivity index (χ1) is 8.18. The number of hydrogen-bond donors (Lipinski definition) is 2. The molecule has 0 bridgehead atoms. The summed E-state index contributed by atoms with van der Waals surface area (Å²) in [5.74, 6) is 0.123. The molecule has 1 atom stereocenters. The van der Waals surface area contributed by atoms with Gasteiger partial charge in [-0.25, -0.2) is 4.98 Å². The first kappa shape index (κ1) is 11.8. The van der Waals surface area contributed by atoms with Gasteiger partial charge in [-0.2, -0.15) is 11.3 Å². The van der Waals surface area contributed by atoms with Gasteiger partial charge in [-0.05, 0) is 29.3 Å². The smallest absolute Gasteiger partial charge is 0.273 e. The van der Waals surface area contributed by atoms with Gasteiger partial charge in [0.2, 0.25) is 0 Å². The Kier molecular flexibility index (Phi) is 3.55. The third-order valence-electron chi connectivity index (χ3n) is 2.34. The number of hydrogen-bond acceptors (Lipinski definition) is 5. The van der Waals surface area contributed by atoms with Gasteiger partial charge >= 0.3 is 0 Å². The van der Waals surface area contributed by atoms with Crippen molar-refractivity contribution in [2.45, 2.75) is 13.0 Å². The van der Waals surface area contributed by atoms with Crippen LogP contribution in [-0.2, 0) is 0 Å². The zero-order valence-electron chi connectivity index (χ0n) is 9.21. The molecule has 2 heterocycles. The Morgan fingerprint density at radius 1 is 1.71 bits per heavy atom. The van der Waals surface area contributed by atoms with Gasteiger partial charge < -0.3 is 14.8 Å². The molecule has 17 heavy (non-hydrogen) atoms. The van der Waals surface area contributed by atoms with Crippen LogP contribution in [0.25, 0.3) is 0 Å². The van der Waals surface area contributed by atoms with E-state index in [0.29, 0.717) is 5.76 Å². The largest absolute Gasteiger partial charge is 0.448 e. The van der Waals surface area contributed by atoms with Gasteiger partial charge in [-0.15, -0.1) is 0 Å². The summed E-state index contributed by atoms with van der Waals surface area (Å²) in [5.41, 5.74) is 1.05. The molecule has 2 rings (SSSR count). The first-order valence-corrected chi connectivity index (χ1v) is 6.01. The molecule has 0 saturated heterocycles. The maximum Gasteiger partial charge on any atom is 0.273 e. The number of nitrogens with one attached hydrogen (secondary N) is 1. The first-order valence-electron chi connectivity index (χ1n) is 5.07. The number of nitrogens with zero attached hydrogens (tertiary/aromatic N) is 1. The second-order valence-corrected chi connectivity index (χ2v) is 4.32. The van der Waals surface area contributed by atoms with Gasteiger partial charge in [0.15, 0.2) is 12.1 Å². The van der Waals surface area contributed by atoms with Crippen molar-refractivity contribution in [2.24, 2.45) is 0 Å². The zero-order chi connectivity index (χ0) is 12.3. The van der Waals surface area contributed by atoms with E-state index in [4.69, 9.17) is 4.42 Å². The molecule has 90 valence electrons. The van der Waals surface area contributed by atoms with Crippen LogP contribution >= 0.6 is 11.3 Å². The monoisotopic (exact) mass is 252 g/mol. The lowest BCUT2D eigenvalue weighted by Crippen LogP contribution is -2.28. The average molecular weight is 252 g/mol. The summed E-state index contributed by atoms with van der Waals surface area (Å²) >= 11 is 1.50. The Morgan fingerprint density at radius 3 is 3.12 bits per heavy atom. The van der Waals surface area contributed by atoms with Gasteiger partial charge in [-0.1, -0.05) is 0 Å². The Labute approximate surface area is 102 Å². The summed E-state index contributed by atoms with van der Waals surface area (Å²) in [4.78, 5) is 15.5. The molecule has 6 heteroatoms. The number of oxazole rings is 1. The molecule has 1 amide bonds. The minimum atomic E-state index is -0.697. The number of thiophene rings is 1. The molecular weight excluding hydrogens is 240 g/mol. The number of carbonyl (C=O) groups is 1. The highest BCUT2D eigenvalue weighted by atomic mass is 32.1. The number of aryl methyl sites for hydroxylation is 1. The summed E-state index contributed by atoms with van der Waals surface area (Å²) in [5, 5.41) is 16.1. The van der Waals surface area contributed by atoms with Crippen molar-refractivity contribution in [3.8, 4) is 0 Å². The molecule has 0 aliphatic carbocycles. The van der Waals surface area contributed by atoms with E-state index in [0.717, 1.165) is 5.56 Å². The molecule has 0 aliphatic heterocycles. The van der Waals surface area contributed by atoms with Crippen LogP contribution in [0, 0.1) is 6.92 Å². The van der Waals surface area contributed by atoms with Crippen LogP contribution in [0.4, 0.5) is 0 Å². The minimum Gasteiger partial charge on any atom is -0.448 e. The predicted molar refractivity (Wildman–Crippen MR) is 62.9 cm³/mol. The van der Waals surface area contributed by atoms with Crippen LogP contribution in [0.3, 0.4) is 0 Å². The minimum absolute atomic E-state index is 0.155. The number of aromatic nitrogens is 1. The fourth-order valence-electron chi connectivity index (χ4n) is 1.38. The lowest BCUT2D eigenvalue weighted by Gasteiger charge is -2.09. The van der Waals surface area contributed by atoms with Gasteiger partial charge in [0.25, 0.3) is 5.91 Å². The molecule has 2 N–H and O–H groups in total. The van der Waals surface area contributed by atoms with Crippen LogP contribution in [0.1, 0.15) is 27.9 Å². The zero-order valence-corrected chi connectivity index (χ0v) is 10.0. The van der Waals surface area contributed by atoms with E-state index in [1.54, 1.807) is 6.92 Å². The Bertz CT molecular complexity index is 493. The van der Waals surface area contributed by atoms with Gasteiger partial charge in [0.1, 0.15) is 5.76 Å². The van der Waals surface area contributed by atoms with Crippen molar-refractivity contribution in [2.75, 3.05) is 6.54 Å². The Morgan fingerprint density at radius 2 is 2.53 bits per heavy atom. The van der Waals surface area contributed by atoms with Crippen molar-refractivity contribution in [1.29, 1.82) is 0 Å². The number of carbonyl (C=O) groups excluding carboxylic acids is 1. The highest BCUT2D eigenvalue weighted by Gasteiger charge is 2.15. The molecular formula is C11H12N2O3S. The molecule has 0 spiro atoms. The average Bonchev–Trinajstić information content (AvgIpc) is 2.95. The fourth-order valence-corrected chi connectivity index (χ4v) is 2.09. The van der Waals surface area contributed by atoms with E-state index >= 15 is 0 Å². The van der Waals surface area contributed by atoms with Gasteiger partial charge in [-0.3, -0.25) is 4.79 Å². The molecule has 2 aromatic heterocycles. The topological polar surface area (TPSA) is 75.4 Å². The molecule has 0 aromatic carbocycles. The van der Waals surface area contributed by atoms with Crippen LogP contribution in [0.5, 0.6) is 0 Å². The van der Waals surface area contributed by atoms with E-state index in [1.165, 1.54) is 17.7 Å². The van der Waals surface area contributed by atoms with Crippen molar-refractivity contribution in [3.63, 3.8) is 0 Å². The number of amides is 1. The molecule has 0 fully saturated rings. The van der Waals surface area contributed by atoms with Crippen LogP contribution in [0.2, 0.25) is 0 Å². The van der Waals surface area contributed by atoms with E-state index in [1.807, 2.05) is 16.8 Å². The second-order valence-electron chi connectivity index (χ2n) is 3.54. The lowest BCUT2D eigenvalue weighted by atomic mass is 10.2. The van der Waals surface area contributed by atoms with Crippen LogP contribution in [0.15, 0.2) is 27.6 Å². The number of rotatable bonds is 4. The number of aliphatic hydroxyl groups excluding tert-OH is 1. The van der Waals surface area contributed by atoms with Crippen molar-refractivity contribution in [1.82, 2.24) is 10.3 Å². The van der Waals surface area contributed by atoms with Gasteiger partial charge in [0.05, 0.1) is 6.10 Å². The van der Waals surface area contributed by atoms with E-state index in [9.17, 15) is 9.90 Å². The van der Waals surface area contributed by atoms with Gasteiger partial charge in [0, 0.05) is 6.54 Å². The Balaban J connectivity index is 1.91. The maximum absolute atomic E-state index is 11.7. The summed E-state index contributed by atoms with van der Waals surface area (Å²) in [6.07, 6.45) is 0.525. The summed E-state index contributed by atoms with van der Waals surface area (Å²) in [6.45, 7) is 1.82. The predicted octanol–water partition coefficient (Wildman–Crippen LogP) is 1.51. The van der Waals surface area contributed by atoms with Crippen molar-refractivity contribution >= 4 is 17.2 Å². The number of aliphatic hydroxyl groups is 1. The van der Waals surface area contributed by atoms with Crippen LogP contribution < -0.4 is 5.32 Å². The maximum atomic E-state index is 11.7. The lowest BCUT2D eigenvalue weighted by molar-refractivity contribution is 0.0910. The third kappa shape index (κ3) is 2.72. The molecule has 5 nitrogen and oxygen atoms in total. The summed E-state index contributed by atoms with van der Waals surface area (Å²) < 4.78 is 4.93. The highest BCUT2D eigenvalue weighted by Crippen LogP contribution is 2.15. The van der Waals surface area contributed by atoms with E-state index < -0.39 is 6.10 Å². The normalized spacial score (nSPS) is 12.4. The fraction of sp³-hybridized carbons (Fsp3) is 0.273. The summed E-state index contributed by atoms with van der Waals surface area (Å²) in [7, 11) is 0. The molecule has 1 unspecified atom stereocenters. The van der Waals surface area contributed by atoms with E-state index in [2.05, 4.69) is 10.3 Å². The third-order valence-corrected chi connectivity index (χ3v) is 3.05. The molecule has 2 aromatic rings. The van der Waals surface area contributed by atoms with Crippen molar-refractivity contribution < 1.29 is 14.3 Å². The molecule has 0 saturated carbocycles. The Hall–Kier alpha value is -1.66. The quantitative estimate of drug-likeness (QED) is 0.864. The van der Waals surface area contributed by atoms with Crippen molar-refractivity contribution in [3.05, 3.63) is 40.2 Å². The molecule has 0 aliphatic rings. The highest BCUT2D eigenvalue weighted by molar-refractivity contribution is 7.07. The summed E-state index contributed by atoms with van der Waals surface area (Å²) in [6, 6.07) is 1.82. The van der Waals surface area contributed by atoms with Crippen LogP contribution in [-0.4, -0.2) is 22.5 Å². The van der Waals surface area contributed by atoms with E-state index in [-0.39, 0.29) is 18.1 Å². The molecule has 0 radical (unpaired) electrons. The standard InChI is InChI=1S/C11H12N2O3S/c1-7-10(13-6-16-7)11(15)12-4-9(14)8-2-3-17-5-8/h2-3,5-6,9,14H,4H2,1H3,(H,12,15). The second kappa shape index (κ2) is 5.11. The SMILES string of the molecule is Cc1ocnc1C(=O)NCC(O)c1ccsc1.